The maximum atomic E-state index is 3.59. The molecule has 0 radical (unpaired) electrons. The number of nitrogens with zero attached hydrogens (tertiary/aromatic N) is 1. The molecule has 1 aliphatic rings. The maximum absolute atomic E-state index is 3.59. The first-order chi connectivity index (χ1) is 8.79. The minimum Gasteiger partial charge on any atom is -0.313 e. The van der Waals surface area contributed by atoms with Gasteiger partial charge in [0, 0.05) is 19.1 Å². The molecule has 1 aromatic carbocycles. The molecule has 1 fully saturated rings. The molecule has 0 aromatic heterocycles. The average molecular weight is 246 g/mol. The van der Waals surface area contributed by atoms with Crippen molar-refractivity contribution in [3.63, 3.8) is 0 Å². The number of likely N-dealkylation sites (tertiary alicyclic amines) is 1. The second-order valence-electron chi connectivity index (χ2n) is 5.47. The van der Waals surface area contributed by atoms with Crippen LogP contribution in [0.25, 0.3) is 0 Å². The van der Waals surface area contributed by atoms with Crippen LogP contribution < -0.4 is 5.32 Å². The van der Waals surface area contributed by atoms with E-state index in [9.17, 15) is 0 Å². The van der Waals surface area contributed by atoms with E-state index in [-0.39, 0.29) is 0 Å². The van der Waals surface area contributed by atoms with E-state index in [0.29, 0.717) is 12.0 Å². The summed E-state index contributed by atoms with van der Waals surface area (Å²) in [5.41, 5.74) is 1.46. The number of hydrogen-bond donors (Lipinski definition) is 1. The molecule has 0 spiro atoms. The molecule has 1 aliphatic heterocycles. The van der Waals surface area contributed by atoms with Crippen molar-refractivity contribution in [3.8, 4) is 0 Å². The fourth-order valence-electron chi connectivity index (χ4n) is 2.95. The molecule has 0 aliphatic carbocycles. The Bertz CT molecular complexity index is 334. The van der Waals surface area contributed by atoms with Gasteiger partial charge in [-0.1, -0.05) is 44.2 Å². The van der Waals surface area contributed by atoms with Crippen LogP contribution in [0.3, 0.4) is 0 Å². The largest absolute Gasteiger partial charge is 0.313 e. The van der Waals surface area contributed by atoms with Gasteiger partial charge in [-0.3, -0.25) is 0 Å². The molecule has 2 heteroatoms. The van der Waals surface area contributed by atoms with E-state index >= 15 is 0 Å². The van der Waals surface area contributed by atoms with Gasteiger partial charge in [-0.2, -0.15) is 0 Å². The lowest BCUT2D eigenvalue weighted by Gasteiger charge is -2.34. The lowest BCUT2D eigenvalue weighted by atomic mass is 9.98. The summed E-state index contributed by atoms with van der Waals surface area (Å²) in [6.45, 7) is 9.29. The minimum atomic E-state index is 0.631. The molecule has 100 valence electrons. The maximum Gasteiger partial charge on any atom is 0.0195 e. The fraction of sp³-hybridized carbons (Fsp3) is 0.625. The average Bonchev–Trinajstić information content (AvgIpc) is 2.40. The van der Waals surface area contributed by atoms with E-state index in [4.69, 9.17) is 0 Å². The van der Waals surface area contributed by atoms with Crippen molar-refractivity contribution in [2.75, 3.05) is 26.2 Å². The summed E-state index contributed by atoms with van der Waals surface area (Å²) in [6.07, 6.45) is 2.67. The van der Waals surface area contributed by atoms with Crippen molar-refractivity contribution >= 4 is 0 Å². The van der Waals surface area contributed by atoms with Crippen LogP contribution in [0.2, 0.25) is 0 Å². The number of rotatable bonds is 5. The molecule has 1 heterocycles. The highest BCUT2D eigenvalue weighted by molar-refractivity contribution is 5.19. The van der Waals surface area contributed by atoms with Crippen LogP contribution in [0.15, 0.2) is 30.3 Å². The molecule has 0 bridgehead atoms. The summed E-state index contributed by atoms with van der Waals surface area (Å²) in [5, 5.41) is 3.59. The predicted octanol–water partition coefficient (Wildman–Crippen LogP) is 2.86. The van der Waals surface area contributed by atoms with Crippen LogP contribution in [-0.2, 0) is 0 Å². The summed E-state index contributed by atoms with van der Waals surface area (Å²) >= 11 is 0. The number of nitrogens with one attached hydrogen (secondary N) is 1. The highest BCUT2D eigenvalue weighted by Crippen LogP contribution is 2.19. The van der Waals surface area contributed by atoms with Crippen LogP contribution in [0, 0.1) is 0 Å². The highest BCUT2D eigenvalue weighted by Gasteiger charge is 2.20. The molecule has 1 N–H and O–H groups in total. The zero-order valence-electron chi connectivity index (χ0n) is 11.7. The quantitative estimate of drug-likeness (QED) is 0.859. The Hall–Kier alpha value is -0.860. The summed E-state index contributed by atoms with van der Waals surface area (Å²) in [5.74, 6) is 0.631. The molecule has 2 unspecified atom stereocenters. The van der Waals surface area contributed by atoms with Gasteiger partial charge >= 0.3 is 0 Å². The van der Waals surface area contributed by atoms with Crippen LogP contribution in [0.4, 0.5) is 0 Å². The van der Waals surface area contributed by atoms with Gasteiger partial charge in [0.2, 0.25) is 0 Å². The zero-order chi connectivity index (χ0) is 12.8. The molecule has 18 heavy (non-hydrogen) atoms. The Morgan fingerprint density at radius 2 is 2.11 bits per heavy atom. The second-order valence-corrected chi connectivity index (χ2v) is 5.47. The van der Waals surface area contributed by atoms with E-state index in [0.717, 1.165) is 6.54 Å². The number of benzene rings is 1. The standard InChI is InChI=1S/C16H26N2/c1-3-17-16-10-7-11-18(13-16)12-14(2)15-8-5-4-6-9-15/h4-6,8-9,14,16-17H,3,7,10-13H2,1-2H3. The molecule has 1 saturated heterocycles. The second kappa shape index (κ2) is 6.91. The first-order valence-corrected chi connectivity index (χ1v) is 7.30. The molecule has 2 atom stereocenters. The van der Waals surface area contributed by atoms with Crippen LogP contribution in [-0.4, -0.2) is 37.1 Å². The van der Waals surface area contributed by atoms with Gasteiger partial charge in [-0.25, -0.2) is 0 Å². The first kappa shape index (κ1) is 13.6. The van der Waals surface area contributed by atoms with Crippen molar-refractivity contribution in [3.05, 3.63) is 35.9 Å². The van der Waals surface area contributed by atoms with Crippen molar-refractivity contribution in [1.82, 2.24) is 10.2 Å². The van der Waals surface area contributed by atoms with Gasteiger partial charge in [0.1, 0.15) is 0 Å². The number of hydrogen-bond acceptors (Lipinski definition) is 2. The number of piperidine rings is 1. The Balaban J connectivity index is 1.85. The van der Waals surface area contributed by atoms with E-state index in [1.807, 2.05) is 0 Å². The van der Waals surface area contributed by atoms with E-state index in [1.165, 1.54) is 38.0 Å². The van der Waals surface area contributed by atoms with Crippen molar-refractivity contribution in [2.45, 2.75) is 38.6 Å². The minimum absolute atomic E-state index is 0.631. The Morgan fingerprint density at radius 1 is 1.33 bits per heavy atom. The molecule has 0 amide bonds. The van der Waals surface area contributed by atoms with Gasteiger partial charge in [-0.05, 0) is 37.4 Å². The first-order valence-electron chi connectivity index (χ1n) is 7.30. The summed E-state index contributed by atoms with van der Waals surface area (Å²) in [7, 11) is 0. The van der Waals surface area contributed by atoms with Crippen LogP contribution in [0.1, 0.15) is 38.2 Å². The summed E-state index contributed by atoms with van der Waals surface area (Å²) in [6, 6.07) is 11.6. The van der Waals surface area contributed by atoms with Crippen LogP contribution in [0.5, 0.6) is 0 Å². The number of likely N-dealkylation sites (N-methyl/N-ethyl adjacent to an activating group) is 1. The Labute approximate surface area is 111 Å². The normalized spacial score (nSPS) is 22.9. The summed E-state index contributed by atoms with van der Waals surface area (Å²) < 4.78 is 0. The monoisotopic (exact) mass is 246 g/mol. The van der Waals surface area contributed by atoms with Crippen LogP contribution >= 0.6 is 0 Å². The van der Waals surface area contributed by atoms with Gasteiger partial charge in [0.25, 0.3) is 0 Å². The SMILES string of the molecule is CCNC1CCCN(CC(C)c2ccccc2)C1. The molecule has 2 nitrogen and oxygen atoms in total. The molecule has 1 aromatic rings. The lowest BCUT2D eigenvalue weighted by molar-refractivity contribution is 0.184. The third kappa shape index (κ3) is 3.82. The van der Waals surface area contributed by atoms with Gasteiger partial charge in [0.15, 0.2) is 0 Å². The smallest absolute Gasteiger partial charge is 0.0195 e. The summed E-state index contributed by atoms with van der Waals surface area (Å²) in [4.78, 5) is 2.62. The Kier molecular flexibility index (Phi) is 5.21. The van der Waals surface area contributed by atoms with Gasteiger partial charge < -0.3 is 10.2 Å². The van der Waals surface area contributed by atoms with Gasteiger partial charge in [0.05, 0.1) is 0 Å². The topological polar surface area (TPSA) is 15.3 Å². The van der Waals surface area contributed by atoms with Crippen molar-refractivity contribution in [1.29, 1.82) is 0 Å². The van der Waals surface area contributed by atoms with E-state index < -0.39 is 0 Å². The molecular formula is C16H26N2. The van der Waals surface area contributed by atoms with E-state index in [2.05, 4.69) is 54.4 Å². The van der Waals surface area contributed by atoms with E-state index in [1.54, 1.807) is 0 Å². The molecular weight excluding hydrogens is 220 g/mol. The molecule has 0 saturated carbocycles. The lowest BCUT2D eigenvalue weighted by Crippen LogP contribution is -2.46. The van der Waals surface area contributed by atoms with Crippen molar-refractivity contribution < 1.29 is 0 Å². The van der Waals surface area contributed by atoms with Crippen molar-refractivity contribution in [2.24, 2.45) is 0 Å². The predicted molar refractivity (Wildman–Crippen MR) is 78.0 cm³/mol. The third-order valence-corrected chi connectivity index (χ3v) is 3.90. The third-order valence-electron chi connectivity index (χ3n) is 3.90. The fourth-order valence-corrected chi connectivity index (χ4v) is 2.95. The highest BCUT2D eigenvalue weighted by atomic mass is 15.2. The van der Waals surface area contributed by atoms with Gasteiger partial charge in [-0.15, -0.1) is 0 Å². The Morgan fingerprint density at radius 3 is 2.83 bits per heavy atom. The molecule has 2 rings (SSSR count). The zero-order valence-corrected chi connectivity index (χ0v) is 11.7.